The second kappa shape index (κ2) is 6.04. The quantitative estimate of drug-likeness (QED) is 0.489. The molecule has 0 aliphatic heterocycles. The molecule has 5 heteroatoms. The van der Waals surface area contributed by atoms with Crippen LogP contribution in [0.15, 0.2) is 18.2 Å². The first-order chi connectivity index (χ1) is 9.10. The lowest BCUT2D eigenvalue weighted by atomic mass is 9.93. The molecule has 1 fully saturated rings. The lowest BCUT2D eigenvalue weighted by molar-refractivity contribution is 0.0867. The highest BCUT2D eigenvalue weighted by atomic mass is 16.3. The van der Waals surface area contributed by atoms with Crippen LogP contribution < -0.4 is 16.6 Å². The fourth-order valence-electron chi connectivity index (χ4n) is 2.49. The largest absolute Gasteiger partial charge is 0.393 e. The van der Waals surface area contributed by atoms with Gasteiger partial charge in [0.25, 0.3) is 5.91 Å². The number of aliphatic hydroxyl groups excluding tert-OH is 1. The van der Waals surface area contributed by atoms with E-state index < -0.39 is 0 Å². The predicted octanol–water partition coefficient (Wildman–Crippen LogP) is 1.31. The van der Waals surface area contributed by atoms with Gasteiger partial charge in [0.15, 0.2) is 0 Å². The number of carbonyl (C=O) groups is 1. The van der Waals surface area contributed by atoms with Crippen LogP contribution in [0.5, 0.6) is 0 Å². The molecular weight excluding hydrogens is 242 g/mol. The highest BCUT2D eigenvalue weighted by Gasteiger charge is 2.21. The van der Waals surface area contributed by atoms with Crippen molar-refractivity contribution in [3.8, 4) is 0 Å². The number of amides is 1. The van der Waals surface area contributed by atoms with Crippen LogP contribution in [0.4, 0.5) is 5.69 Å². The highest BCUT2D eigenvalue weighted by molar-refractivity contribution is 5.96. The molecule has 1 amide bonds. The smallest absolute Gasteiger partial charge is 0.251 e. The van der Waals surface area contributed by atoms with Gasteiger partial charge < -0.3 is 15.8 Å². The van der Waals surface area contributed by atoms with E-state index in [1.165, 1.54) is 0 Å². The first kappa shape index (κ1) is 13.8. The Morgan fingerprint density at radius 3 is 2.58 bits per heavy atom. The molecule has 0 heterocycles. The molecule has 19 heavy (non-hydrogen) atoms. The van der Waals surface area contributed by atoms with E-state index in [0.717, 1.165) is 36.9 Å². The molecule has 0 aromatic heterocycles. The van der Waals surface area contributed by atoms with Crippen LogP contribution in [0.3, 0.4) is 0 Å². The zero-order chi connectivity index (χ0) is 13.8. The van der Waals surface area contributed by atoms with Crippen molar-refractivity contribution in [2.45, 2.75) is 44.8 Å². The number of carbonyl (C=O) groups excluding carboxylic acids is 1. The predicted molar refractivity (Wildman–Crippen MR) is 74.7 cm³/mol. The maximum absolute atomic E-state index is 12.2. The number of rotatable bonds is 3. The number of nitrogens with two attached hydrogens (primary N) is 1. The number of aliphatic hydroxyl groups is 1. The number of nitrogens with one attached hydrogen (secondary N) is 2. The van der Waals surface area contributed by atoms with Crippen LogP contribution in [-0.4, -0.2) is 23.2 Å². The second-order valence-electron chi connectivity index (χ2n) is 5.15. The molecule has 0 atom stereocenters. The molecule has 1 aliphatic rings. The molecule has 0 radical (unpaired) electrons. The van der Waals surface area contributed by atoms with Gasteiger partial charge in [0, 0.05) is 17.3 Å². The zero-order valence-corrected chi connectivity index (χ0v) is 11.1. The summed E-state index contributed by atoms with van der Waals surface area (Å²) in [5.41, 5.74) is 4.91. The van der Waals surface area contributed by atoms with Gasteiger partial charge >= 0.3 is 0 Å². The van der Waals surface area contributed by atoms with Gasteiger partial charge in [-0.3, -0.25) is 10.6 Å². The van der Waals surface area contributed by atoms with Crippen molar-refractivity contribution in [2.24, 2.45) is 5.84 Å². The number of benzene rings is 1. The molecule has 0 unspecified atom stereocenters. The van der Waals surface area contributed by atoms with Crippen LogP contribution in [-0.2, 0) is 0 Å². The maximum Gasteiger partial charge on any atom is 0.251 e. The summed E-state index contributed by atoms with van der Waals surface area (Å²) in [4.78, 5) is 12.2. The third-order valence-electron chi connectivity index (χ3n) is 3.67. The number of hydrogen-bond acceptors (Lipinski definition) is 4. The van der Waals surface area contributed by atoms with E-state index >= 15 is 0 Å². The van der Waals surface area contributed by atoms with Crippen molar-refractivity contribution < 1.29 is 9.90 Å². The Hall–Kier alpha value is -1.59. The Labute approximate surface area is 113 Å². The van der Waals surface area contributed by atoms with Crippen molar-refractivity contribution in [1.82, 2.24) is 5.32 Å². The first-order valence-electron chi connectivity index (χ1n) is 6.66. The fourth-order valence-corrected chi connectivity index (χ4v) is 2.49. The SMILES string of the molecule is Cc1cc(NN)ccc1C(=O)NC1CCC(O)CC1. The highest BCUT2D eigenvalue weighted by Crippen LogP contribution is 2.20. The monoisotopic (exact) mass is 263 g/mol. The Bertz CT molecular complexity index is 454. The molecule has 1 aromatic rings. The third kappa shape index (κ3) is 3.45. The summed E-state index contributed by atoms with van der Waals surface area (Å²) in [7, 11) is 0. The van der Waals surface area contributed by atoms with Gasteiger partial charge in [0.05, 0.1) is 6.10 Å². The zero-order valence-electron chi connectivity index (χ0n) is 11.1. The van der Waals surface area contributed by atoms with E-state index in [9.17, 15) is 9.90 Å². The van der Waals surface area contributed by atoms with Crippen LogP contribution in [0.1, 0.15) is 41.6 Å². The van der Waals surface area contributed by atoms with Crippen molar-refractivity contribution >= 4 is 11.6 Å². The topological polar surface area (TPSA) is 87.4 Å². The van der Waals surface area contributed by atoms with Crippen molar-refractivity contribution in [1.29, 1.82) is 0 Å². The van der Waals surface area contributed by atoms with Gasteiger partial charge in [0.2, 0.25) is 0 Å². The Morgan fingerprint density at radius 1 is 1.32 bits per heavy atom. The third-order valence-corrected chi connectivity index (χ3v) is 3.67. The van der Waals surface area contributed by atoms with Crippen LogP contribution in [0, 0.1) is 6.92 Å². The van der Waals surface area contributed by atoms with E-state index in [1.54, 1.807) is 12.1 Å². The number of hydrazine groups is 1. The number of anilines is 1. The van der Waals surface area contributed by atoms with Crippen molar-refractivity contribution in [2.75, 3.05) is 5.43 Å². The van der Waals surface area contributed by atoms with E-state index in [1.807, 2.05) is 13.0 Å². The molecule has 5 N–H and O–H groups in total. The summed E-state index contributed by atoms with van der Waals surface area (Å²) >= 11 is 0. The lowest BCUT2D eigenvalue weighted by Gasteiger charge is -2.26. The van der Waals surface area contributed by atoms with Gasteiger partial charge in [-0.2, -0.15) is 0 Å². The first-order valence-corrected chi connectivity index (χ1v) is 6.66. The molecule has 1 aromatic carbocycles. The summed E-state index contributed by atoms with van der Waals surface area (Å²) in [5, 5.41) is 12.5. The average molecular weight is 263 g/mol. The van der Waals surface area contributed by atoms with Crippen molar-refractivity contribution in [3.05, 3.63) is 29.3 Å². The van der Waals surface area contributed by atoms with Crippen molar-refractivity contribution in [3.63, 3.8) is 0 Å². The van der Waals surface area contributed by atoms with E-state index in [0.29, 0.717) is 5.56 Å². The summed E-state index contributed by atoms with van der Waals surface area (Å²) in [5.74, 6) is 5.28. The van der Waals surface area contributed by atoms with Gasteiger partial charge in [-0.25, -0.2) is 0 Å². The minimum absolute atomic E-state index is 0.0533. The lowest BCUT2D eigenvalue weighted by Crippen LogP contribution is -2.38. The normalized spacial score (nSPS) is 22.9. The molecule has 2 rings (SSSR count). The van der Waals surface area contributed by atoms with E-state index in [4.69, 9.17) is 5.84 Å². The van der Waals surface area contributed by atoms with Crippen LogP contribution in [0.2, 0.25) is 0 Å². The molecule has 5 nitrogen and oxygen atoms in total. The standard InChI is InChI=1S/C14H21N3O2/c1-9-8-11(17-15)4-7-13(9)14(19)16-10-2-5-12(18)6-3-10/h4,7-8,10,12,17-18H,2-3,5-6,15H2,1H3,(H,16,19). The number of aryl methyl sites for hydroxylation is 1. The average Bonchev–Trinajstić information content (AvgIpc) is 2.41. The second-order valence-corrected chi connectivity index (χ2v) is 5.15. The Balaban J connectivity index is 2.00. The summed E-state index contributed by atoms with van der Waals surface area (Å²) in [6.07, 6.45) is 3.01. The Morgan fingerprint density at radius 2 is 2.00 bits per heavy atom. The van der Waals surface area contributed by atoms with E-state index in [2.05, 4.69) is 10.7 Å². The van der Waals surface area contributed by atoms with Gasteiger partial charge in [-0.15, -0.1) is 0 Å². The summed E-state index contributed by atoms with van der Waals surface area (Å²) in [6.45, 7) is 1.89. The molecule has 1 aliphatic carbocycles. The van der Waals surface area contributed by atoms with Gasteiger partial charge in [-0.1, -0.05) is 0 Å². The van der Waals surface area contributed by atoms with Gasteiger partial charge in [0.1, 0.15) is 0 Å². The molecular formula is C14H21N3O2. The van der Waals surface area contributed by atoms with Crippen LogP contribution >= 0.6 is 0 Å². The molecule has 104 valence electrons. The molecule has 0 bridgehead atoms. The minimum Gasteiger partial charge on any atom is -0.393 e. The number of nitrogen functional groups attached to an aromatic ring is 1. The van der Waals surface area contributed by atoms with E-state index in [-0.39, 0.29) is 18.1 Å². The molecule has 0 saturated heterocycles. The summed E-state index contributed by atoms with van der Waals surface area (Å²) < 4.78 is 0. The maximum atomic E-state index is 12.2. The van der Waals surface area contributed by atoms with Crippen LogP contribution in [0.25, 0.3) is 0 Å². The van der Waals surface area contributed by atoms with Gasteiger partial charge in [-0.05, 0) is 56.4 Å². The number of hydrogen-bond donors (Lipinski definition) is 4. The Kier molecular flexibility index (Phi) is 4.39. The molecule has 0 spiro atoms. The minimum atomic E-state index is -0.204. The summed E-state index contributed by atoms with van der Waals surface area (Å²) in [6, 6.07) is 5.58. The fraction of sp³-hybridized carbons (Fsp3) is 0.500. The molecule has 1 saturated carbocycles.